The summed E-state index contributed by atoms with van der Waals surface area (Å²) in [4.78, 5) is 9.37. The number of pyridine rings is 1. The molecule has 3 heterocycles. The van der Waals surface area contributed by atoms with Gasteiger partial charge < -0.3 is 16.4 Å². The van der Waals surface area contributed by atoms with Crippen LogP contribution in [0.1, 0.15) is 30.4 Å². The molecule has 1 aromatic rings. The Bertz CT molecular complexity index is 1010. The second-order valence-corrected chi connectivity index (χ2v) is 7.69. The van der Waals surface area contributed by atoms with Gasteiger partial charge in [0.1, 0.15) is 17.7 Å². The van der Waals surface area contributed by atoms with Gasteiger partial charge in [-0.1, -0.05) is 6.58 Å². The van der Waals surface area contributed by atoms with E-state index in [0.29, 0.717) is 0 Å². The molecule has 32 heavy (non-hydrogen) atoms. The maximum Gasteiger partial charge on any atom is 0.417 e. The molecule has 0 bridgehead atoms. The molecule has 12 heteroatoms. The van der Waals surface area contributed by atoms with Gasteiger partial charge in [-0.3, -0.25) is 0 Å². The van der Waals surface area contributed by atoms with Crippen molar-refractivity contribution >= 4 is 11.7 Å². The maximum absolute atomic E-state index is 13.6. The molecule has 1 atom stereocenters. The summed E-state index contributed by atoms with van der Waals surface area (Å²) in [5.41, 5.74) is 9.97. The number of aliphatic imine (C=N–C) groups is 1. The number of rotatable bonds is 2. The second-order valence-electron chi connectivity index (χ2n) is 7.69. The smallest absolute Gasteiger partial charge is 0.401 e. The molecule has 6 nitrogen and oxygen atoms in total. The van der Waals surface area contributed by atoms with Gasteiger partial charge >= 0.3 is 12.4 Å². The Hall–Kier alpha value is -3.23. The molecule has 1 saturated heterocycles. The molecule has 2 aliphatic rings. The zero-order valence-electron chi connectivity index (χ0n) is 16.8. The highest BCUT2D eigenvalue weighted by molar-refractivity contribution is 5.99. The van der Waals surface area contributed by atoms with Gasteiger partial charge in [-0.05, 0) is 18.9 Å². The van der Waals surface area contributed by atoms with Crippen molar-refractivity contribution < 1.29 is 26.3 Å². The minimum absolute atomic E-state index is 0.00973. The van der Waals surface area contributed by atoms with Crippen LogP contribution in [-0.2, 0) is 6.18 Å². The van der Waals surface area contributed by atoms with E-state index in [4.69, 9.17) is 16.7 Å². The zero-order valence-corrected chi connectivity index (χ0v) is 16.8. The van der Waals surface area contributed by atoms with E-state index in [1.165, 1.54) is 6.07 Å². The van der Waals surface area contributed by atoms with Crippen LogP contribution in [-0.4, -0.2) is 30.1 Å². The van der Waals surface area contributed by atoms with E-state index in [0.717, 1.165) is 12.3 Å². The molecule has 2 aliphatic heterocycles. The van der Waals surface area contributed by atoms with Crippen molar-refractivity contribution in [3.8, 4) is 6.07 Å². The quantitative estimate of drug-likeness (QED) is 0.655. The molecule has 172 valence electrons. The van der Waals surface area contributed by atoms with Crippen LogP contribution in [0.2, 0.25) is 0 Å². The van der Waals surface area contributed by atoms with Crippen molar-refractivity contribution in [1.82, 2.24) is 4.98 Å². The molecule has 1 unspecified atom stereocenters. The van der Waals surface area contributed by atoms with Gasteiger partial charge in [0.05, 0.1) is 17.0 Å². The fourth-order valence-corrected chi connectivity index (χ4v) is 4.00. The first-order chi connectivity index (χ1) is 14.8. The van der Waals surface area contributed by atoms with E-state index in [1.54, 1.807) is 4.90 Å². The first-order valence-electron chi connectivity index (χ1n) is 9.63. The highest BCUT2D eigenvalue weighted by Crippen LogP contribution is 2.42. The number of piperidine rings is 1. The van der Waals surface area contributed by atoms with Gasteiger partial charge in [0.2, 0.25) is 0 Å². The maximum atomic E-state index is 13.6. The number of nitriles is 1. The average Bonchev–Trinajstić information content (AvgIpc) is 2.71. The summed E-state index contributed by atoms with van der Waals surface area (Å²) in [6, 6.07) is 2.27. The standard InChI is InChI=1S/C20H20F6N6/c1-10-6-14(20(24,25)26)16(18(29)31-10)17(28)11-2-4-32(5-3-11)15-7-13(19(21,22)23)12(8-27)9-30-15/h7,9,11,14H,1-6,28H2,(H2,29,31). The molecule has 4 N–H and O–H groups in total. The van der Waals surface area contributed by atoms with E-state index < -0.39 is 41.7 Å². The van der Waals surface area contributed by atoms with Crippen LogP contribution in [0.4, 0.5) is 32.2 Å². The number of allylic oxidation sites excluding steroid dienone is 2. The number of nitrogens with zero attached hydrogens (tertiary/aromatic N) is 4. The normalized spacial score (nSPS) is 22.4. The topological polar surface area (TPSA) is 104 Å². The average molecular weight is 458 g/mol. The van der Waals surface area contributed by atoms with E-state index in [-0.39, 0.29) is 54.6 Å². The summed E-state index contributed by atoms with van der Waals surface area (Å²) >= 11 is 0. The summed E-state index contributed by atoms with van der Waals surface area (Å²) in [5, 5.41) is 8.89. The lowest BCUT2D eigenvalue weighted by Crippen LogP contribution is -2.40. The Kier molecular flexibility index (Phi) is 6.13. The lowest BCUT2D eigenvalue weighted by molar-refractivity contribution is -0.163. The lowest BCUT2D eigenvalue weighted by atomic mass is 9.83. The van der Waals surface area contributed by atoms with Gasteiger partial charge in [0, 0.05) is 48.6 Å². The van der Waals surface area contributed by atoms with E-state index in [1.807, 2.05) is 0 Å². The third-order valence-electron chi connectivity index (χ3n) is 5.62. The molecular weight excluding hydrogens is 438 g/mol. The lowest BCUT2D eigenvalue weighted by Gasteiger charge is -2.36. The molecule has 1 aromatic heterocycles. The van der Waals surface area contributed by atoms with Crippen molar-refractivity contribution in [2.45, 2.75) is 31.6 Å². The molecule has 0 amide bonds. The molecule has 0 radical (unpaired) electrons. The molecule has 0 spiro atoms. The molecule has 3 rings (SSSR count). The first kappa shape index (κ1) is 23.4. The molecule has 0 aromatic carbocycles. The Morgan fingerprint density at radius 2 is 1.81 bits per heavy atom. The van der Waals surface area contributed by atoms with E-state index in [2.05, 4.69) is 16.6 Å². The van der Waals surface area contributed by atoms with Gasteiger partial charge in [-0.25, -0.2) is 9.98 Å². The number of hydrogen-bond acceptors (Lipinski definition) is 6. The summed E-state index contributed by atoms with van der Waals surface area (Å²) < 4.78 is 80.4. The van der Waals surface area contributed by atoms with Crippen LogP contribution in [0.3, 0.4) is 0 Å². The predicted octanol–water partition coefficient (Wildman–Crippen LogP) is 3.85. The fraction of sp³-hybridized carbons (Fsp3) is 0.450. The molecular formula is C20H20F6N6. The molecule has 0 aliphatic carbocycles. The van der Waals surface area contributed by atoms with Crippen LogP contribution < -0.4 is 16.4 Å². The summed E-state index contributed by atoms with van der Waals surface area (Å²) in [6.07, 6.45) is -8.29. The number of hydrogen-bond donors (Lipinski definition) is 2. The Morgan fingerprint density at radius 1 is 1.19 bits per heavy atom. The van der Waals surface area contributed by atoms with Crippen LogP contribution in [0, 0.1) is 23.2 Å². The van der Waals surface area contributed by atoms with E-state index in [9.17, 15) is 26.3 Å². The summed E-state index contributed by atoms with van der Waals surface area (Å²) in [7, 11) is 0. The number of alkyl halides is 6. The highest BCUT2D eigenvalue weighted by atomic mass is 19.4. The van der Waals surface area contributed by atoms with Crippen LogP contribution in [0.5, 0.6) is 0 Å². The van der Waals surface area contributed by atoms with Crippen molar-refractivity contribution in [2.24, 2.45) is 28.3 Å². The monoisotopic (exact) mass is 458 g/mol. The zero-order chi connectivity index (χ0) is 23.8. The Balaban J connectivity index is 1.83. The first-order valence-corrected chi connectivity index (χ1v) is 9.63. The van der Waals surface area contributed by atoms with Crippen molar-refractivity contribution in [2.75, 3.05) is 18.0 Å². The van der Waals surface area contributed by atoms with Gasteiger partial charge in [0.15, 0.2) is 0 Å². The number of anilines is 1. The van der Waals surface area contributed by atoms with Gasteiger partial charge in [0.25, 0.3) is 0 Å². The van der Waals surface area contributed by atoms with Crippen LogP contribution >= 0.6 is 0 Å². The van der Waals surface area contributed by atoms with Crippen molar-refractivity contribution in [3.05, 3.63) is 46.9 Å². The minimum Gasteiger partial charge on any atom is -0.401 e. The number of halogens is 6. The summed E-state index contributed by atoms with van der Waals surface area (Å²) in [6.45, 7) is 3.91. The van der Waals surface area contributed by atoms with Gasteiger partial charge in [-0.2, -0.15) is 31.6 Å². The van der Waals surface area contributed by atoms with Crippen LogP contribution in [0.15, 0.2) is 40.8 Å². The molecule has 0 saturated carbocycles. The third-order valence-corrected chi connectivity index (χ3v) is 5.62. The Labute approximate surface area is 179 Å². The SMILES string of the molecule is C=C1CC(C(F)(F)F)C(=C(N)C2CCN(c3cc(C(F)(F)F)c(C#N)cn3)CC2)C(N)=N1. The largest absolute Gasteiger partial charge is 0.417 e. The highest BCUT2D eigenvalue weighted by Gasteiger charge is 2.46. The summed E-state index contributed by atoms with van der Waals surface area (Å²) in [5.74, 6) is -2.64. The number of nitrogens with two attached hydrogens (primary N) is 2. The number of aromatic nitrogens is 1. The second kappa shape index (κ2) is 8.37. The van der Waals surface area contributed by atoms with Crippen molar-refractivity contribution in [3.63, 3.8) is 0 Å². The van der Waals surface area contributed by atoms with Gasteiger partial charge in [-0.15, -0.1) is 0 Å². The minimum atomic E-state index is -4.72. The van der Waals surface area contributed by atoms with Crippen LogP contribution in [0.25, 0.3) is 0 Å². The predicted molar refractivity (Wildman–Crippen MR) is 105 cm³/mol. The van der Waals surface area contributed by atoms with E-state index >= 15 is 0 Å². The Morgan fingerprint density at radius 3 is 2.34 bits per heavy atom. The van der Waals surface area contributed by atoms with Crippen molar-refractivity contribution in [1.29, 1.82) is 5.26 Å². The molecule has 1 fully saturated rings. The number of amidine groups is 1. The fourth-order valence-electron chi connectivity index (χ4n) is 4.00. The third kappa shape index (κ3) is 4.66.